The molecular formula is C9H12N4O2. The number of hydrogen-bond donors (Lipinski definition) is 1. The molecule has 2 rings (SSSR count). The number of allylic oxidation sites excluding steroid dienone is 1. The van der Waals surface area contributed by atoms with Crippen LogP contribution in [0.3, 0.4) is 0 Å². The number of rotatable bonds is 1. The molecule has 15 heavy (non-hydrogen) atoms. The Labute approximate surface area is 87.5 Å². The van der Waals surface area contributed by atoms with Crippen LogP contribution in [0.5, 0.6) is 0 Å². The number of aliphatic hydroxyl groups excluding tert-OH is 1. The Balaban J connectivity index is 2.48. The van der Waals surface area contributed by atoms with Crippen LogP contribution in [0, 0.1) is 0 Å². The molecule has 0 aromatic rings. The molecule has 0 saturated carbocycles. The lowest BCUT2D eigenvalue weighted by Gasteiger charge is -2.33. The van der Waals surface area contributed by atoms with Crippen molar-refractivity contribution in [3.05, 3.63) is 24.1 Å². The molecule has 1 N–H and O–H groups in total. The van der Waals surface area contributed by atoms with Gasteiger partial charge in [-0.05, 0) is 6.08 Å². The van der Waals surface area contributed by atoms with E-state index < -0.39 is 0 Å². The summed E-state index contributed by atoms with van der Waals surface area (Å²) in [6, 6.07) is 0. The van der Waals surface area contributed by atoms with Crippen molar-refractivity contribution >= 4 is 12.2 Å². The molecule has 0 aromatic heterocycles. The molecule has 2 aliphatic heterocycles. The first-order valence-corrected chi connectivity index (χ1v) is 4.46. The molecule has 2 aliphatic rings. The molecule has 0 fully saturated rings. The van der Waals surface area contributed by atoms with Crippen molar-refractivity contribution in [2.75, 3.05) is 20.5 Å². The minimum atomic E-state index is 0.0556. The molecule has 0 saturated heterocycles. The molecule has 6 heteroatoms. The average molecular weight is 208 g/mol. The first-order chi connectivity index (χ1) is 7.24. The van der Waals surface area contributed by atoms with E-state index in [9.17, 15) is 5.11 Å². The van der Waals surface area contributed by atoms with Crippen LogP contribution in [0.15, 0.2) is 34.2 Å². The third-order valence-corrected chi connectivity index (χ3v) is 2.14. The fraction of sp³-hybridized carbons (Fsp3) is 0.333. The summed E-state index contributed by atoms with van der Waals surface area (Å²) < 4.78 is 5.13. The summed E-state index contributed by atoms with van der Waals surface area (Å²) in [5.41, 5.74) is 0.538. The summed E-state index contributed by atoms with van der Waals surface area (Å²) in [7, 11) is 1.74. The highest BCUT2D eigenvalue weighted by Crippen LogP contribution is 2.18. The molecule has 2 heterocycles. The van der Waals surface area contributed by atoms with Crippen LogP contribution in [0.4, 0.5) is 0 Å². The van der Waals surface area contributed by atoms with Crippen molar-refractivity contribution in [3.63, 3.8) is 0 Å². The highest BCUT2D eigenvalue weighted by Gasteiger charge is 2.27. The predicted octanol–water partition coefficient (Wildman–Crippen LogP) is 0.476. The second kappa shape index (κ2) is 3.74. The second-order valence-electron chi connectivity index (χ2n) is 3.11. The molecule has 6 nitrogen and oxygen atoms in total. The summed E-state index contributed by atoms with van der Waals surface area (Å²) in [5, 5.41) is 15.3. The predicted molar refractivity (Wildman–Crippen MR) is 56.2 cm³/mol. The number of hydrazone groups is 1. The number of ether oxygens (including phenoxy) is 1. The first kappa shape index (κ1) is 9.72. The molecule has 0 radical (unpaired) electrons. The molecule has 0 aromatic carbocycles. The lowest BCUT2D eigenvalue weighted by atomic mass is 10.3. The van der Waals surface area contributed by atoms with Gasteiger partial charge in [-0.3, -0.25) is 9.91 Å². The van der Waals surface area contributed by atoms with E-state index in [1.165, 1.54) is 6.08 Å². The average Bonchev–Trinajstić information content (AvgIpc) is 2.28. The maximum absolute atomic E-state index is 9.69. The molecule has 0 spiro atoms. The van der Waals surface area contributed by atoms with E-state index in [-0.39, 0.29) is 5.76 Å². The molecule has 80 valence electrons. The van der Waals surface area contributed by atoms with Gasteiger partial charge in [0.15, 0.2) is 5.84 Å². The van der Waals surface area contributed by atoms with Crippen LogP contribution >= 0.6 is 0 Å². The van der Waals surface area contributed by atoms with E-state index in [1.54, 1.807) is 23.3 Å². The first-order valence-electron chi connectivity index (χ1n) is 4.46. The zero-order valence-corrected chi connectivity index (χ0v) is 8.42. The Bertz CT molecular complexity index is 372. The Hall–Kier alpha value is -1.82. The molecule has 0 amide bonds. The number of aliphatic imine (C=N–C) groups is 1. The van der Waals surface area contributed by atoms with Crippen LogP contribution in [0.25, 0.3) is 0 Å². The summed E-state index contributed by atoms with van der Waals surface area (Å²) >= 11 is 0. The van der Waals surface area contributed by atoms with Gasteiger partial charge in [-0.2, -0.15) is 5.10 Å². The van der Waals surface area contributed by atoms with Crippen molar-refractivity contribution in [1.82, 2.24) is 9.91 Å². The number of amidine groups is 1. The van der Waals surface area contributed by atoms with Gasteiger partial charge in [-0.15, -0.1) is 0 Å². The third kappa shape index (κ3) is 1.59. The van der Waals surface area contributed by atoms with Crippen molar-refractivity contribution in [1.29, 1.82) is 0 Å². The maximum Gasteiger partial charge on any atom is 0.162 e. The fourth-order valence-corrected chi connectivity index (χ4v) is 1.42. The van der Waals surface area contributed by atoms with E-state index in [0.29, 0.717) is 25.0 Å². The Kier molecular flexibility index (Phi) is 2.42. The Morgan fingerprint density at radius 3 is 3.27 bits per heavy atom. The van der Waals surface area contributed by atoms with E-state index in [1.807, 2.05) is 0 Å². The SMILES string of the molecule is C=C/C(O)=C1/C2=NCOCN2C=NN1C. The minimum absolute atomic E-state index is 0.0556. The van der Waals surface area contributed by atoms with E-state index >= 15 is 0 Å². The highest BCUT2D eigenvalue weighted by molar-refractivity contribution is 6.05. The van der Waals surface area contributed by atoms with Crippen molar-refractivity contribution in [3.8, 4) is 0 Å². The summed E-state index contributed by atoms with van der Waals surface area (Å²) in [5.74, 6) is 0.705. The van der Waals surface area contributed by atoms with Gasteiger partial charge in [0, 0.05) is 7.05 Å². The lowest BCUT2D eigenvalue weighted by molar-refractivity contribution is 0.0808. The largest absolute Gasteiger partial charge is 0.506 e. The fourth-order valence-electron chi connectivity index (χ4n) is 1.42. The molecule has 0 unspecified atom stereocenters. The van der Waals surface area contributed by atoms with Crippen molar-refractivity contribution in [2.24, 2.45) is 10.1 Å². The maximum atomic E-state index is 9.69. The lowest BCUT2D eigenvalue weighted by Crippen LogP contribution is -2.44. The van der Waals surface area contributed by atoms with E-state index in [2.05, 4.69) is 16.7 Å². The van der Waals surface area contributed by atoms with Crippen LogP contribution in [0.2, 0.25) is 0 Å². The van der Waals surface area contributed by atoms with Gasteiger partial charge in [-0.1, -0.05) is 6.58 Å². The molecule has 0 bridgehead atoms. The smallest absolute Gasteiger partial charge is 0.162 e. The van der Waals surface area contributed by atoms with Gasteiger partial charge in [0.25, 0.3) is 0 Å². The standard InChI is InChI=1S/C9H12N4O2/c1-3-7(14)8-9-10-5-15-6-13(9)4-11-12(8)2/h3-4,14H,1,5-6H2,2H3/b8-7+. The second-order valence-corrected chi connectivity index (χ2v) is 3.11. The quantitative estimate of drug-likeness (QED) is 0.636. The van der Waals surface area contributed by atoms with Gasteiger partial charge >= 0.3 is 0 Å². The van der Waals surface area contributed by atoms with Gasteiger partial charge in [0.1, 0.15) is 31.3 Å². The van der Waals surface area contributed by atoms with Crippen molar-refractivity contribution in [2.45, 2.75) is 0 Å². The molecule has 0 atom stereocenters. The van der Waals surface area contributed by atoms with Crippen LogP contribution in [-0.2, 0) is 4.74 Å². The van der Waals surface area contributed by atoms with Gasteiger partial charge in [-0.25, -0.2) is 4.99 Å². The Morgan fingerprint density at radius 2 is 2.53 bits per heavy atom. The van der Waals surface area contributed by atoms with Crippen LogP contribution in [0.1, 0.15) is 0 Å². The zero-order chi connectivity index (χ0) is 10.8. The van der Waals surface area contributed by atoms with E-state index in [4.69, 9.17) is 4.74 Å². The number of fused-ring (bicyclic) bond motifs is 1. The summed E-state index contributed by atoms with van der Waals surface area (Å²) in [6.45, 7) is 4.20. The number of likely N-dealkylation sites (N-methyl/N-ethyl adjacent to an activating group) is 1. The zero-order valence-electron chi connectivity index (χ0n) is 8.42. The Morgan fingerprint density at radius 1 is 1.73 bits per heavy atom. The summed E-state index contributed by atoms with van der Waals surface area (Å²) in [6.07, 6.45) is 2.97. The van der Waals surface area contributed by atoms with Crippen LogP contribution in [-0.4, -0.2) is 47.7 Å². The highest BCUT2D eigenvalue weighted by atomic mass is 16.5. The van der Waals surface area contributed by atoms with Crippen molar-refractivity contribution < 1.29 is 9.84 Å². The van der Waals surface area contributed by atoms with Crippen LogP contribution < -0.4 is 0 Å². The minimum Gasteiger partial charge on any atom is -0.506 e. The number of nitrogens with zero attached hydrogens (tertiary/aromatic N) is 4. The van der Waals surface area contributed by atoms with Gasteiger partial charge < -0.3 is 9.84 Å². The van der Waals surface area contributed by atoms with Gasteiger partial charge in [0.2, 0.25) is 0 Å². The number of aliphatic hydroxyl groups is 1. The van der Waals surface area contributed by atoms with Gasteiger partial charge in [0.05, 0.1) is 0 Å². The number of hydrogen-bond acceptors (Lipinski definition) is 6. The summed E-state index contributed by atoms with van der Waals surface area (Å²) in [4.78, 5) is 5.89. The normalized spacial score (nSPS) is 23.4. The monoisotopic (exact) mass is 208 g/mol. The molecule has 0 aliphatic carbocycles. The third-order valence-electron chi connectivity index (χ3n) is 2.14. The topological polar surface area (TPSA) is 60.7 Å². The molecular weight excluding hydrogens is 196 g/mol. The van der Waals surface area contributed by atoms with E-state index in [0.717, 1.165) is 0 Å².